The van der Waals surface area contributed by atoms with Gasteiger partial charge < -0.3 is 15.7 Å². The number of hydrogen-bond acceptors (Lipinski definition) is 2. The van der Waals surface area contributed by atoms with E-state index < -0.39 is 17.7 Å². The lowest BCUT2D eigenvalue weighted by atomic mass is 10.3. The summed E-state index contributed by atoms with van der Waals surface area (Å²) in [4.78, 5) is 11.6. The summed E-state index contributed by atoms with van der Waals surface area (Å²) in [5.74, 6) is -1.73. The zero-order valence-corrected chi connectivity index (χ0v) is 9.65. The van der Waals surface area contributed by atoms with E-state index in [0.29, 0.717) is 6.07 Å². The smallest absolute Gasteiger partial charge is 0.323 e. The van der Waals surface area contributed by atoms with E-state index in [4.69, 9.17) is 0 Å². The number of carbonyl (C=O) groups excluding carboxylic acids is 1. The van der Waals surface area contributed by atoms with Crippen LogP contribution in [-0.2, 0) is 0 Å². The van der Waals surface area contributed by atoms with Crippen LogP contribution in [0.4, 0.5) is 25.0 Å². The molecule has 19 heavy (non-hydrogen) atoms. The Labute approximate surface area is 107 Å². The number of nitrogens with one attached hydrogen (secondary N) is 2. The average Bonchev–Trinajstić information content (AvgIpc) is 2.36. The fourth-order valence-corrected chi connectivity index (χ4v) is 1.45. The lowest BCUT2D eigenvalue weighted by Crippen LogP contribution is -2.20. The second-order valence-electron chi connectivity index (χ2n) is 3.72. The van der Waals surface area contributed by atoms with E-state index in [1.807, 2.05) is 0 Å². The SMILES string of the molecule is O=C(Nc1ccccc1O)Nc1ccc(F)cc1F. The molecule has 0 aliphatic carbocycles. The first kappa shape index (κ1) is 12.8. The number of carbonyl (C=O) groups is 1. The van der Waals surface area contributed by atoms with Gasteiger partial charge in [0, 0.05) is 6.07 Å². The van der Waals surface area contributed by atoms with Crippen molar-refractivity contribution >= 4 is 17.4 Å². The first-order chi connectivity index (χ1) is 9.06. The van der Waals surface area contributed by atoms with Crippen LogP contribution in [-0.4, -0.2) is 11.1 Å². The van der Waals surface area contributed by atoms with Crippen LogP contribution in [0.2, 0.25) is 0 Å². The van der Waals surface area contributed by atoms with Crippen molar-refractivity contribution in [1.82, 2.24) is 0 Å². The summed E-state index contributed by atoms with van der Waals surface area (Å²) >= 11 is 0. The van der Waals surface area contributed by atoms with Gasteiger partial charge in [-0.1, -0.05) is 12.1 Å². The molecule has 0 aliphatic heterocycles. The molecule has 0 saturated heterocycles. The maximum atomic E-state index is 13.3. The van der Waals surface area contributed by atoms with Gasteiger partial charge in [0.15, 0.2) is 0 Å². The van der Waals surface area contributed by atoms with Crippen LogP contribution in [0.5, 0.6) is 5.75 Å². The van der Waals surface area contributed by atoms with E-state index in [9.17, 15) is 18.7 Å². The summed E-state index contributed by atoms with van der Waals surface area (Å²) in [6.45, 7) is 0. The number of hydrogen-bond donors (Lipinski definition) is 3. The standard InChI is InChI=1S/C13H10F2N2O2/c14-8-5-6-10(9(15)7-8)16-13(19)17-11-3-1-2-4-12(11)18/h1-7,18H,(H2,16,17,19). The molecule has 0 aromatic heterocycles. The number of rotatable bonds is 2. The van der Waals surface area contributed by atoms with Crippen molar-refractivity contribution in [3.63, 3.8) is 0 Å². The van der Waals surface area contributed by atoms with Gasteiger partial charge >= 0.3 is 6.03 Å². The van der Waals surface area contributed by atoms with Crippen LogP contribution in [0, 0.1) is 11.6 Å². The van der Waals surface area contributed by atoms with Crippen LogP contribution < -0.4 is 10.6 Å². The van der Waals surface area contributed by atoms with Crippen molar-refractivity contribution in [2.75, 3.05) is 10.6 Å². The number of amides is 2. The number of para-hydroxylation sites is 2. The fourth-order valence-electron chi connectivity index (χ4n) is 1.45. The van der Waals surface area contributed by atoms with Crippen LogP contribution in [0.15, 0.2) is 42.5 Å². The Hall–Kier alpha value is -2.63. The molecule has 0 fully saturated rings. The minimum absolute atomic E-state index is 0.114. The molecule has 0 spiro atoms. The van der Waals surface area contributed by atoms with Gasteiger partial charge in [-0.3, -0.25) is 0 Å². The number of urea groups is 1. The zero-order chi connectivity index (χ0) is 13.8. The topological polar surface area (TPSA) is 61.4 Å². The van der Waals surface area contributed by atoms with Crippen LogP contribution in [0.25, 0.3) is 0 Å². The predicted molar refractivity (Wildman–Crippen MR) is 67.1 cm³/mol. The minimum Gasteiger partial charge on any atom is -0.506 e. The van der Waals surface area contributed by atoms with Crippen LogP contribution >= 0.6 is 0 Å². The summed E-state index contributed by atoms with van der Waals surface area (Å²) in [6, 6.07) is 8.14. The zero-order valence-electron chi connectivity index (χ0n) is 9.65. The monoisotopic (exact) mass is 264 g/mol. The van der Waals surface area contributed by atoms with E-state index in [0.717, 1.165) is 12.1 Å². The highest BCUT2D eigenvalue weighted by Gasteiger charge is 2.09. The molecule has 0 saturated carbocycles. The maximum Gasteiger partial charge on any atom is 0.323 e. The number of phenolic OH excluding ortho intramolecular Hbond substituents is 1. The number of benzene rings is 2. The molecule has 0 unspecified atom stereocenters. The highest BCUT2D eigenvalue weighted by molar-refractivity contribution is 6.00. The van der Waals surface area contributed by atoms with Crippen molar-refractivity contribution in [2.24, 2.45) is 0 Å². The number of aromatic hydroxyl groups is 1. The van der Waals surface area contributed by atoms with Crippen molar-refractivity contribution in [3.05, 3.63) is 54.1 Å². The third kappa shape index (κ3) is 3.19. The van der Waals surface area contributed by atoms with Gasteiger partial charge in [0.05, 0.1) is 11.4 Å². The molecular weight excluding hydrogens is 254 g/mol. The minimum atomic E-state index is -0.882. The molecular formula is C13H10F2N2O2. The van der Waals surface area contributed by atoms with Crippen LogP contribution in [0.3, 0.4) is 0 Å². The molecule has 4 nitrogen and oxygen atoms in total. The summed E-state index contributed by atoms with van der Waals surface area (Å²) < 4.78 is 26.0. The molecule has 2 amide bonds. The Morgan fingerprint density at radius 2 is 1.68 bits per heavy atom. The lowest BCUT2D eigenvalue weighted by molar-refractivity contribution is 0.262. The van der Waals surface area contributed by atoms with E-state index >= 15 is 0 Å². The van der Waals surface area contributed by atoms with E-state index in [1.165, 1.54) is 12.1 Å². The van der Waals surface area contributed by atoms with Gasteiger partial charge in [-0.05, 0) is 24.3 Å². The Morgan fingerprint density at radius 3 is 2.37 bits per heavy atom. The Balaban J connectivity index is 2.08. The van der Waals surface area contributed by atoms with E-state index in [1.54, 1.807) is 12.1 Å². The lowest BCUT2D eigenvalue weighted by Gasteiger charge is -2.09. The second kappa shape index (κ2) is 5.34. The van der Waals surface area contributed by atoms with E-state index in [-0.39, 0.29) is 17.1 Å². The van der Waals surface area contributed by atoms with Crippen molar-refractivity contribution < 1.29 is 18.7 Å². The van der Waals surface area contributed by atoms with Crippen molar-refractivity contribution in [1.29, 1.82) is 0 Å². The highest BCUT2D eigenvalue weighted by Crippen LogP contribution is 2.22. The Bertz CT molecular complexity index is 617. The molecule has 0 aliphatic rings. The summed E-state index contributed by atoms with van der Waals surface area (Å²) in [5, 5.41) is 14.0. The van der Waals surface area contributed by atoms with Crippen LogP contribution in [0.1, 0.15) is 0 Å². The van der Waals surface area contributed by atoms with E-state index in [2.05, 4.69) is 10.6 Å². The molecule has 0 bridgehead atoms. The second-order valence-corrected chi connectivity index (χ2v) is 3.72. The molecule has 2 rings (SSSR count). The van der Waals surface area contributed by atoms with Gasteiger partial charge in [-0.25, -0.2) is 13.6 Å². The Kier molecular flexibility index (Phi) is 3.61. The third-order valence-electron chi connectivity index (χ3n) is 2.33. The fraction of sp³-hybridized carbons (Fsp3) is 0. The Morgan fingerprint density at radius 1 is 1.00 bits per heavy atom. The number of anilines is 2. The molecule has 2 aromatic carbocycles. The van der Waals surface area contributed by atoms with Gasteiger partial charge in [-0.2, -0.15) is 0 Å². The van der Waals surface area contributed by atoms with Gasteiger partial charge in [0.1, 0.15) is 17.4 Å². The molecule has 0 atom stereocenters. The molecule has 3 N–H and O–H groups in total. The van der Waals surface area contributed by atoms with Gasteiger partial charge in [0.25, 0.3) is 0 Å². The molecule has 0 heterocycles. The molecule has 0 radical (unpaired) electrons. The number of halogens is 2. The number of phenols is 1. The first-order valence-corrected chi connectivity index (χ1v) is 5.37. The maximum absolute atomic E-state index is 13.3. The first-order valence-electron chi connectivity index (χ1n) is 5.37. The van der Waals surface area contributed by atoms with Crippen molar-refractivity contribution in [2.45, 2.75) is 0 Å². The predicted octanol–water partition coefficient (Wildman–Crippen LogP) is 3.31. The summed E-state index contributed by atoms with van der Waals surface area (Å²) in [6.07, 6.45) is 0. The molecule has 2 aromatic rings. The van der Waals surface area contributed by atoms with Gasteiger partial charge in [-0.15, -0.1) is 0 Å². The third-order valence-corrected chi connectivity index (χ3v) is 2.33. The molecule has 98 valence electrons. The summed E-state index contributed by atoms with van der Waals surface area (Å²) in [7, 11) is 0. The largest absolute Gasteiger partial charge is 0.506 e. The normalized spacial score (nSPS) is 10.0. The van der Waals surface area contributed by atoms with Gasteiger partial charge in [0.2, 0.25) is 0 Å². The quantitative estimate of drug-likeness (QED) is 0.729. The average molecular weight is 264 g/mol. The summed E-state index contributed by atoms with van der Waals surface area (Å²) in [5.41, 5.74) is 0.0249. The van der Waals surface area contributed by atoms with Crippen molar-refractivity contribution in [3.8, 4) is 5.75 Å². The molecule has 6 heteroatoms. The highest BCUT2D eigenvalue weighted by atomic mass is 19.1.